The first kappa shape index (κ1) is 11.6. The number of thiophene rings is 1. The second-order valence-corrected chi connectivity index (χ2v) is 5.59. The first-order valence-electron chi connectivity index (χ1n) is 5.57. The number of carboxylic acid groups (broad SMARTS) is 1. The minimum Gasteiger partial charge on any atom is -0.481 e. The molecule has 0 saturated carbocycles. The molecule has 0 bridgehead atoms. The van der Waals surface area contributed by atoms with Crippen molar-refractivity contribution in [2.45, 2.75) is 26.3 Å². The number of carbonyl (C=O) groups is 1. The summed E-state index contributed by atoms with van der Waals surface area (Å²) >= 11 is 1.69. The van der Waals surface area contributed by atoms with Gasteiger partial charge in [-0.25, -0.2) is 0 Å². The maximum atomic E-state index is 11.2. The van der Waals surface area contributed by atoms with E-state index in [0.29, 0.717) is 6.54 Å². The minimum atomic E-state index is -0.664. The van der Waals surface area contributed by atoms with Crippen LogP contribution < -0.4 is 0 Å². The lowest BCUT2D eigenvalue weighted by molar-refractivity contribution is -0.151. The number of rotatable bonds is 3. The summed E-state index contributed by atoms with van der Waals surface area (Å²) in [5.74, 6) is -0.664. The normalized spacial score (nSPS) is 26.8. The zero-order valence-electron chi connectivity index (χ0n) is 9.48. The molecule has 16 heavy (non-hydrogen) atoms. The zero-order valence-corrected chi connectivity index (χ0v) is 10.3. The average molecular weight is 239 g/mol. The van der Waals surface area contributed by atoms with Crippen LogP contribution in [0.25, 0.3) is 0 Å². The maximum Gasteiger partial charge on any atom is 0.310 e. The molecule has 1 aromatic heterocycles. The first-order valence-corrected chi connectivity index (χ1v) is 6.51. The van der Waals surface area contributed by atoms with Crippen molar-refractivity contribution < 1.29 is 9.90 Å². The summed E-state index contributed by atoms with van der Waals surface area (Å²) < 4.78 is 0. The van der Waals surface area contributed by atoms with Gasteiger partial charge in [0.2, 0.25) is 0 Å². The van der Waals surface area contributed by atoms with Gasteiger partial charge in [0.05, 0.1) is 5.41 Å². The van der Waals surface area contributed by atoms with Gasteiger partial charge in [-0.2, -0.15) is 11.3 Å². The van der Waals surface area contributed by atoms with E-state index in [9.17, 15) is 9.90 Å². The molecule has 88 valence electrons. The van der Waals surface area contributed by atoms with Gasteiger partial charge in [-0.3, -0.25) is 9.69 Å². The van der Waals surface area contributed by atoms with E-state index < -0.39 is 11.4 Å². The van der Waals surface area contributed by atoms with Gasteiger partial charge in [0, 0.05) is 13.1 Å². The molecular formula is C12H17NO2S. The number of nitrogens with zero attached hydrogens (tertiary/aromatic N) is 1. The fourth-order valence-electron chi connectivity index (χ4n) is 2.29. The lowest BCUT2D eigenvalue weighted by Crippen LogP contribution is -2.45. The van der Waals surface area contributed by atoms with Gasteiger partial charge >= 0.3 is 5.97 Å². The Hall–Kier alpha value is -0.870. The van der Waals surface area contributed by atoms with E-state index in [2.05, 4.69) is 21.7 Å². The smallest absolute Gasteiger partial charge is 0.310 e. The van der Waals surface area contributed by atoms with Gasteiger partial charge in [-0.15, -0.1) is 0 Å². The molecule has 4 heteroatoms. The van der Waals surface area contributed by atoms with Gasteiger partial charge in [0.1, 0.15) is 0 Å². The Morgan fingerprint density at radius 2 is 2.50 bits per heavy atom. The average Bonchev–Trinajstić information content (AvgIpc) is 2.70. The molecule has 0 radical (unpaired) electrons. The molecule has 0 spiro atoms. The second-order valence-electron chi connectivity index (χ2n) is 4.81. The predicted molar refractivity (Wildman–Crippen MR) is 64.6 cm³/mol. The topological polar surface area (TPSA) is 40.5 Å². The van der Waals surface area contributed by atoms with Crippen LogP contribution in [0.3, 0.4) is 0 Å². The van der Waals surface area contributed by atoms with Gasteiger partial charge in [-0.05, 0) is 48.7 Å². The number of aliphatic carboxylic acids is 1. The van der Waals surface area contributed by atoms with Gasteiger partial charge in [0.25, 0.3) is 0 Å². The van der Waals surface area contributed by atoms with Crippen LogP contribution in [-0.4, -0.2) is 29.1 Å². The Morgan fingerprint density at radius 1 is 1.69 bits per heavy atom. The molecule has 2 heterocycles. The second kappa shape index (κ2) is 4.55. The highest BCUT2D eigenvalue weighted by Gasteiger charge is 2.37. The molecule has 1 atom stereocenters. The van der Waals surface area contributed by atoms with Crippen LogP contribution in [0.5, 0.6) is 0 Å². The molecular weight excluding hydrogens is 222 g/mol. The van der Waals surface area contributed by atoms with Gasteiger partial charge in [-0.1, -0.05) is 0 Å². The van der Waals surface area contributed by atoms with E-state index in [1.54, 1.807) is 11.3 Å². The number of hydrogen-bond donors (Lipinski definition) is 1. The largest absolute Gasteiger partial charge is 0.481 e. The van der Waals surface area contributed by atoms with Crippen LogP contribution in [0.2, 0.25) is 0 Å². The van der Waals surface area contributed by atoms with Crippen molar-refractivity contribution >= 4 is 17.3 Å². The van der Waals surface area contributed by atoms with E-state index in [1.165, 1.54) is 5.56 Å². The van der Waals surface area contributed by atoms with Crippen LogP contribution in [-0.2, 0) is 11.3 Å². The quantitative estimate of drug-likeness (QED) is 0.880. The van der Waals surface area contributed by atoms with E-state index in [-0.39, 0.29) is 0 Å². The van der Waals surface area contributed by atoms with E-state index in [1.807, 2.05) is 6.92 Å². The molecule has 2 rings (SSSR count). The monoisotopic (exact) mass is 239 g/mol. The fourth-order valence-corrected chi connectivity index (χ4v) is 2.95. The van der Waals surface area contributed by atoms with Crippen molar-refractivity contribution in [3.8, 4) is 0 Å². The Labute approximate surface area is 99.7 Å². The molecule has 0 aliphatic carbocycles. The third-order valence-corrected chi connectivity index (χ3v) is 4.01. The lowest BCUT2D eigenvalue weighted by atomic mass is 9.82. The summed E-state index contributed by atoms with van der Waals surface area (Å²) in [5.41, 5.74) is 0.730. The molecule has 1 aliphatic rings. The molecule has 1 aliphatic heterocycles. The van der Waals surface area contributed by atoms with Gasteiger partial charge in [0.15, 0.2) is 0 Å². The Balaban J connectivity index is 1.99. The Morgan fingerprint density at radius 3 is 3.12 bits per heavy atom. The highest BCUT2D eigenvalue weighted by atomic mass is 32.1. The van der Waals surface area contributed by atoms with Crippen molar-refractivity contribution in [3.05, 3.63) is 22.4 Å². The van der Waals surface area contributed by atoms with Gasteiger partial charge < -0.3 is 5.11 Å². The third-order valence-electron chi connectivity index (χ3n) is 3.28. The molecule has 0 amide bonds. The van der Waals surface area contributed by atoms with Crippen molar-refractivity contribution in [2.75, 3.05) is 13.1 Å². The van der Waals surface area contributed by atoms with Crippen LogP contribution in [0.4, 0.5) is 0 Å². The number of carboxylic acids is 1. The summed E-state index contributed by atoms with van der Waals surface area (Å²) in [4.78, 5) is 13.4. The molecule has 1 fully saturated rings. The molecule has 3 nitrogen and oxygen atoms in total. The molecule has 1 saturated heterocycles. The van der Waals surface area contributed by atoms with E-state index >= 15 is 0 Å². The number of piperidine rings is 1. The lowest BCUT2D eigenvalue weighted by Gasteiger charge is -2.37. The summed E-state index contributed by atoms with van der Waals surface area (Å²) in [5, 5.41) is 13.4. The standard InChI is InChI=1S/C12H17NO2S/c1-12(11(14)15)4-2-5-13(9-12)7-10-3-6-16-8-10/h3,6,8H,2,4-5,7,9H2,1H3,(H,14,15). The number of likely N-dealkylation sites (tertiary alicyclic amines) is 1. The van der Waals surface area contributed by atoms with E-state index in [0.717, 1.165) is 25.9 Å². The fraction of sp³-hybridized carbons (Fsp3) is 0.583. The molecule has 1 N–H and O–H groups in total. The highest BCUT2D eigenvalue weighted by molar-refractivity contribution is 7.07. The third kappa shape index (κ3) is 2.44. The molecule has 1 unspecified atom stereocenters. The first-order chi connectivity index (χ1) is 7.60. The van der Waals surface area contributed by atoms with Crippen LogP contribution in [0.1, 0.15) is 25.3 Å². The van der Waals surface area contributed by atoms with Crippen LogP contribution >= 0.6 is 11.3 Å². The van der Waals surface area contributed by atoms with E-state index in [4.69, 9.17) is 0 Å². The summed E-state index contributed by atoms with van der Waals surface area (Å²) in [6.07, 6.45) is 1.77. The van der Waals surface area contributed by atoms with Crippen molar-refractivity contribution in [1.29, 1.82) is 0 Å². The zero-order chi connectivity index (χ0) is 11.6. The summed E-state index contributed by atoms with van der Waals surface area (Å²) in [7, 11) is 0. The van der Waals surface area contributed by atoms with Crippen molar-refractivity contribution in [1.82, 2.24) is 4.90 Å². The minimum absolute atomic E-state index is 0.561. The van der Waals surface area contributed by atoms with Crippen molar-refractivity contribution in [3.63, 3.8) is 0 Å². The maximum absolute atomic E-state index is 11.2. The Bertz CT molecular complexity index is 363. The Kier molecular flexibility index (Phi) is 3.30. The van der Waals surface area contributed by atoms with Crippen LogP contribution in [0.15, 0.2) is 16.8 Å². The predicted octanol–water partition coefficient (Wildman–Crippen LogP) is 2.43. The summed E-state index contributed by atoms with van der Waals surface area (Å²) in [6.45, 7) is 4.42. The SMILES string of the molecule is CC1(C(=O)O)CCCN(Cc2ccsc2)C1. The summed E-state index contributed by atoms with van der Waals surface area (Å²) in [6, 6.07) is 2.11. The molecule has 0 aromatic carbocycles. The van der Waals surface area contributed by atoms with Crippen molar-refractivity contribution in [2.24, 2.45) is 5.41 Å². The number of hydrogen-bond acceptors (Lipinski definition) is 3. The molecule has 1 aromatic rings. The highest BCUT2D eigenvalue weighted by Crippen LogP contribution is 2.30. The van der Waals surface area contributed by atoms with Crippen LogP contribution in [0, 0.1) is 5.41 Å².